The minimum atomic E-state index is -2.29. The Morgan fingerprint density at radius 2 is 0.676 bits per heavy atom. The summed E-state index contributed by atoms with van der Waals surface area (Å²) in [6, 6.07) is 54.4. The molecule has 37 heavy (non-hydrogen) atoms. The van der Waals surface area contributed by atoms with Crippen LogP contribution in [0.2, 0.25) is 13.1 Å². The zero-order chi connectivity index (χ0) is 25.1. The normalized spacial score (nSPS) is 23.2. The Labute approximate surface area is 221 Å². The van der Waals surface area contributed by atoms with E-state index in [-0.39, 0.29) is 10.1 Å². The number of hydrogen-bond acceptors (Lipinski definition) is 0. The zero-order valence-corrected chi connectivity index (χ0v) is 22.4. The van der Waals surface area contributed by atoms with E-state index in [0.29, 0.717) is 0 Å². The molecule has 0 nitrogen and oxygen atoms in total. The van der Waals surface area contributed by atoms with Crippen molar-refractivity contribution in [3.8, 4) is 0 Å². The molecule has 0 aromatic heterocycles. The van der Waals surface area contributed by atoms with Crippen LogP contribution < -0.4 is 0 Å². The van der Waals surface area contributed by atoms with E-state index in [0.717, 1.165) is 0 Å². The summed E-state index contributed by atoms with van der Waals surface area (Å²) in [5.74, 6) is 0. The van der Waals surface area contributed by atoms with E-state index >= 15 is 0 Å². The SMILES string of the molecule is C[Si]1(C)C2(c3ccccc3)C(c3ccccc3)=C(c3ccccc3)C1(c1ccccc1)c1ccccc12. The van der Waals surface area contributed by atoms with Crippen molar-refractivity contribution >= 4 is 19.2 Å². The van der Waals surface area contributed by atoms with Crippen LogP contribution in [0.1, 0.15) is 33.4 Å². The fraction of sp³-hybridized carbons (Fsp3) is 0.111. The van der Waals surface area contributed by atoms with Crippen LogP contribution in [0.15, 0.2) is 146 Å². The highest BCUT2D eigenvalue weighted by Crippen LogP contribution is 2.75. The van der Waals surface area contributed by atoms with Crippen molar-refractivity contribution < 1.29 is 0 Å². The van der Waals surface area contributed by atoms with Crippen molar-refractivity contribution in [2.75, 3.05) is 0 Å². The summed E-state index contributed by atoms with van der Waals surface area (Å²) in [5, 5.41) is -0.375. The Morgan fingerprint density at radius 3 is 1.03 bits per heavy atom. The summed E-state index contributed by atoms with van der Waals surface area (Å²) in [6.45, 7) is 5.29. The molecule has 5 aromatic carbocycles. The third-order valence-corrected chi connectivity index (χ3v) is 14.5. The van der Waals surface area contributed by atoms with Gasteiger partial charge < -0.3 is 0 Å². The fourth-order valence-electron chi connectivity index (χ4n) is 7.99. The van der Waals surface area contributed by atoms with Crippen LogP contribution in [0.25, 0.3) is 11.1 Å². The highest BCUT2D eigenvalue weighted by atomic mass is 28.3. The molecule has 0 fully saturated rings. The standard InChI is InChI=1S/C36H30Si/c1-37(2)35(29-21-11-5-12-22-29)31-25-15-16-26-32(31)36(37,30-23-13-6-14-24-30)34(28-19-9-4-10-20-28)33(35)27-17-7-3-8-18-27/h3-26H,1-2H3. The van der Waals surface area contributed by atoms with Gasteiger partial charge in [0.15, 0.2) is 0 Å². The lowest BCUT2D eigenvalue weighted by Gasteiger charge is -2.44. The van der Waals surface area contributed by atoms with Crippen LogP contribution >= 0.6 is 0 Å². The number of fused-ring (bicyclic) bond motifs is 5. The quantitative estimate of drug-likeness (QED) is 0.221. The molecule has 2 heterocycles. The molecule has 1 heteroatoms. The summed E-state index contributed by atoms with van der Waals surface area (Å²) >= 11 is 0. The van der Waals surface area contributed by atoms with E-state index in [1.54, 1.807) is 0 Å². The first-order valence-corrected chi connectivity index (χ1v) is 16.2. The lowest BCUT2D eigenvalue weighted by Crippen LogP contribution is -2.56. The molecule has 0 aliphatic carbocycles. The summed E-state index contributed by atoms with van der Waals surface area (Å²) in [6.07, 6.45) is 0. The third-order valence-electron chi connectivity index (χ3n) is 9.15. The van der Waals surface area contributed by atoms with Gasteiger partial charge in [0.1, 0.15) is 0 Å². The van der Waals surface area contributed by atoms with Gasteiger partial charge >= 0.3 is 0 Å². The molecular weight excluding hydrogens is 460 g/mol. The smallest absolute Gasteiger partial charge is 0.0667 e. The predicted octanol–water partition coefficient (Wildman–Crippen LogP) is 8.68. The second-order valence-corrected chi connectivity index (χ2v) is 15.6. The molecule has 2 aliphatic rings. The van der Waals surface area contributed by atoms with Gasteiger partial charge in [-0.05, 0) is 44.5 Å². The number of rotatable bonds is 4. The van der Waals surface area contributed by atoms with Gasteiger partial charge in [-0.15, -0.1) is 0 Å². The predicted molar refractivity (Wildman–Crippen MR) is 158 cm³/mol. The van der Waals surface area contributed by atoms with Crippen molar-refractivity contribution in [3.63, 3.8) is 0 Å². The van der Waals surface area contributed by atoms with E-state index in [4.69, 9.17) is 0 Å². The maximum Gasteiger partial charge on any atom is 0.0917 e. The molecule has 2 aliphatic heterocycles. The van der Waals surface area contributed by atoms with Crippen LogP contribution in [0.4, 0.5) is 0 Å². The molecule has 0 N–H and O–H groups in total. The van der Waals surface area contributed by atoms with Crippen molar-refractivity contribution in [3.05, 3.63) is 179 Å². The van der Waals surface area contributed by atoms with Gasteiger partial charge in [-0.3, -0.25) is 0 Å². The lowest BCUT2D eigenvalue weighted by molar-refractivity contribution is 0.915. The number of benzene rings is 5. The monoisotopic (exact) mass is 490 g/mol. The van der Waals surface area contributed by atoms with E-state index < -0.39 is 8.07 Å². The Balaban J connectivity index is 1.78. The molecule has 178 valence electrons. The second-order valence-electron chi connectivity index (χ2n) is 10.9. The lowest BCUT2D eigenvalue weighted by atomic mass is 9.65. The van der Waals surface area contributed by atoms with Gasteiger partial charge in [0.05, 0.1) is 8.07 Å². The number of allylic oxidation sites excluding steroid dienone is 2. The van der Waals surface area contributed by atoms with E-state index in [1.807, 2.05) is 0 Å². The molecule has 2 unspecified atom stereocenters. The minimum Gasteiger partial charge on any atom is -0.0667 e. The molecule has 5 aromatic rings. The molecule has 0 saturated carbocycles. The second kappa shape index (κ2) is 8.03. The largest absolute Gasteiger partial charge is 0.0917 e. The first kappa shape index (κ1) is 22.3. The Hall–Kier alpha value is -3.94. The first-order valence-electron chi connectivity index (χ1n) is 13.2. The highest BCUT2D eigenvalue weighted by Gasteiger charge is 2.75. The van der Waals surface area contributed by atoms with E-state index in [1.165, 1.54) is 44.5 Å². The Kier molecular flexibility index (Phi) is 4.83. The molecule has 2 bridgehead atoms. The Morgan fingerprint density at radius 1 is 0.378 bits per heavy atom. The van der Waals surface area contributed by atoms with Gasteiger partial charge in [-0.25, -0.2) is 0 Å². The Bertz CT molecular complexity index is 1500. The van der Waals surface area contributed by atoms with E-state index in [9.17, 15) is 0 Å². The summed E-state index contributed by atoms with van der Waals surface area (Å²) in [4.78, 5) is 0. The van der Waals surface area contributed by atoms with Crippen molar-refractivity contribution in [2.24, 2.45) is 0 Å². The maximum atomic E-state index is 2.64. The van der Waals surface area contributed by atoms with Gasteiger partial charge in [0, 0.05) is 10.1 Å². The molecule has 2 atom stereocenters. The van der Waals surface area contributed by atoms with Crippen molar-refractivity contribution in [2.45, 2.75) is 23.2 Å². The number of hydrogen-bond donors (Lipinski definition) is 0. The van der Waals surface area contributed by atoms with Gasteiger partial charge in [0.25, 0.3) is 0 Å². The minimum absolute atomic E-state index is 0.187. The zero-order valence-electron chi connectivity index (χ0n) is 21.4. The molecule has 0 saturated heterocycles. The van der Waals surface area contributed by atoms with Gasteiger partial charge in [0.2, 0.25) is 0 Å². The third kappa shape index (κ3) is 2.62. The maximum absolute atomic E-state index is 2.64. The average molecular weight is 491 g/mol. The first-order chi connectivity index (χ1) is 18.1. The van der Waals surface area contributed by atoms with Crippen molar-refractivity contribution in [1.29, 1.82) is 0 Å². The molecular formula is C36H30Si. The van der Waals surface area contributed by atoms with Crippen LogP contribution in [-0.4, -0.2) is 8.07 Å². The van der Waals surface area contributed by atoms with Crippen LogP contribution in [0.5, 0.6) is 0 Å². The van der Waals surface area contributed by atoms with Crippen molar-refractivity contribution in [1.82, 2.24) is 0 Å². The molecule has 0 spiro atoms. The van der Waals surface area contributed by atoms with Gasteiger partial charge in [-0.1, -0.05) is 159 Å². The van der Waals surface area contributed by atoms with Gasteiger partial charge in [-0.2, -0.15) is 0 Å². The van der Waals surface area contributed by atoms with E-state index in [2.05, 4.69) is 159 Å². The topological polar surface area (TPSA) is 0 Å². The molecule has 0 radical (unpaired) electrons. The highest BCUT2D eigenvalue weighted by molar-refractivity contribution is 6.91. The summed E-state index contributed by atoms with van der Waals surface area (Å²) < 4.78 is 0. The van der Waals surface area contributed by atoms with Crippen LogP contribution in [0, 0.1) is 0 Å². The van der Waals surface area contributed by atoms with Crippen LogP contribution in [0.3, 0.4) is 0 Å². The fourth-order valence-corrected chi connectivity index (χ4v) is 13.9. The average Bonchev–Trinajstić information content (AvgIpc) is 3.28. The summed E-state index contributed by atoms with van der Waals surface area (Å²) in [7, 11) is -2.29. The van der Waals surface area contributed by atoms with Crippen LogP contribution in [-0.2, 0) is 10.1 Å². The molecule has 0 amide bonds. The molecule has 7 rings (SSSR count). The summed E-state index contributed by atoms with van der Waals surface area (Å²) in [5.41, 5.74) is 11.5.